The van der Waals surface area contributed by atoms with Crippen LogP contribution in [0.4, 0.5) is 11.4 Å². The second-order valence-electron chi connectivity index (χ2n) is 9.24. The number of anilines is 2. The molecule has 1 aromatic carbocycles. The molecule has 1 aliphatic carbocycles. The summed E-state index contributed by atoms with van der Waals surface area (Å²) in [5.41, 5.74) is 2.29. The highest BCUT2D eigenvalue weighted by molar-refractivity contribution is 7.10. The van der Waals surface area contributed by atoms with Gasteiger partial charge in [-0.05, 0) is 55.7 Å². The van der Waals surface area contributed by atoms with Crippen LogP contribution >= 0.6 is 22.7 Å². The van der Waals surface area contributed by atoms with E-state index in [0.29, 0.717) is 37.0 Å². The van der Waals surface area contributed by atoms with Gasteiger partial charge in [0, 0.05) is 41.6 Å². The molecule has 35 heavy (non-hydrogen) atoms. The number of ether oxygens (including phenoxy) is 1. The maximum atomic E-state index is 13.0. The molecule has 2 aromatic heterocycles. The third-order valence-electron chi connectivity index (χ3n) is 6.99. The number of aromatic nitrogens is 1. The van der Waals surface area contributed by atoms with Crippen LogP contribution in [0.25, 0.3) is 0 Å². The van der Waals surface area contributed by atoms with E-state index in [1.54, 1.807) is 22.7 Å². The van der Waals surface area contributed by atoms with Crippen LogP contribution in [0, 0.1) is 5.92 Å². The smallest absolute Gasteiger partial charge is 0.275 e. The molecule has 0 spiro atoms. The van der Waals surface area contributed by atoms with Crippen molar-refractivity contribution in [2.75, 3.05) is 36.5 Å². The molecule has 2 fully saturated rings. The Hall–Kier alpha value is -2.55. The molecule has 184 valence electrons. The fourth-order valence-corrected chi connectivity index (χ4v) is 6.67. The number of nitrogens with zero attached hydrogens (tertiary/aromatic N) is 2. The largest absolute Gasteiger partial charge is 0.378 e. The number of para-hydroxylation sites is 2. The Bertz CT molecular complexity index is 1130. The summed E-state index contributed by atoms with van der Waals surface area (Å²) in [6, 6.07) is 12.0. The van der Waals surface area contributed by atoms with Gasteiger partial charge < -0.3 is 15.0 Å². The lowest BCUT2D eigenvalue weighted by molar-refractivity contribution is -0.123. The number of amides is 1. The highest BCUT2D eigenvalue weighted by Gasteiger charge is 2.29. The van der Waals surface area contributed by atoms with Gasteiger partial charge in [-0.2, -0.15) is 0 Å². The number of hydrogen-bond acceptors (Lipinski definition) is 7. The normalized spacial score (nSPS) is 20.5. The molecule has 0 unspecified atom stereocenters. The highest BCUT2D eigenvalue weighted by Crippen LogP contribution is 2.38. The van der Waals surface area contributed by atoms with Gasteiger partial charge in [-0.1, -0.05) is 18.2 Å². The average molecular weight is 510 g/mol. The van der Waals surface area contributed by atoms with Gasteiger partial charge >= 0.3 is 0 Å². The number of carbonyl (C=O) groups excluding carboxylic acids is 2. The number of rotatable bonds is 8. The van der Waals surface area contributed by atoms with Gasteiger partial charge in [0.05, 0.1) is 29.6 Å². The molecular formula is C27H31N3O3S2. The molecule has 3 heterocycles. The minimum Gasteiger partial charge on any atom is -0.378 e. The molecule has 1 saturated carbocycles. The Morgan fingerprint density at radius 1 is 1.03 bits per heavy atom. The summed E-state index contributed by atoms with van der Waals surface area (Å²) >= 11 is 3.29. The van der Waals surface area contributed by atoms with E-state index in [9.17, 15) is 9.59 Å². The fourth-order valence-electron chi connectivity index (χ4n) is 4.99. The van der Waals surface area contributed by atoms with Crippen LogP contribution in [0.15, 0.2) is 47.2 Å². The lowest BCUT2D eigenvalue weighted by Gasteiger charge is -2.30. The first-order valence-corrected chi connectivity index (χ1v) is 14.2. The topological polar surface area (TPSA) is 71.5 Å². The summed E-state index contributed by atoms with van der Waals surface area (Å²) < 4.78 is 5.46. The van der Waals surface area contributed by atoms with Crippen LogP contribution in [0.3, 0.4) is 0 Å². The number of ketones is 1. The van der Waals surface area contributed by atoms with Crippen molar-refractivity contribution in [1.82, 2.24) is 4.98 Å². The quantitative estimate of drug-likeness (QED) is 0.417. The van der Waals surface area contributed by atoms with E-state index in [1.165, 1.54) is 4.88 Å². The first-order chi connectivity index (χ1) is 17.2. The van der Waals surface area contributed by atoms with Crippen LogP contribution in [0.5, 0.6) is 0 Å². The Morgan fingerprint density at radius 2 is 1.83 bits per heavy atom. The number of Topliss-reactive ketones (excluding diaryl/α,β-unsaturated/α-hetero) is 1. The number of aryl methyl sites for hydroxylation is 1. The molecular weight excluding hydrogens is 478 g/mol. The number of thiazole rings is 1. The number of nitrogens with one attached hydrogen (secondary N) is 1. The van der Waals surface area contributed by atoms with E-state index >= 15 is 0 Å². The molecule has 8 heteroatoms. The summed E-state index contributed by atoms with van der Waals surface area (Å²) in [6.07, 6.45) is 5.26. The van der Waals surface area contributed by atoms with Gasteiger partial charge in [0.25, 0.3) is 5.91 Å². The van der Waals surface area contributed by atoms with Gasteiger partial charge in [-0.25, -0.2) is 4.98 Å². The van der Waals surface area contributed by atoms with Gasteiger partial charge in [-0.15, -0.1) is 22.7 Å². The number of hydrogen-bond donors (Lipinski definition) is 1. The monoisotopic (exact) mass is 509 g/mol. The van der Waals surface area contributed by atoms with Crippen molar-refractivity contribution in [1.29, 1.82) is 0 Å². The number of morpholine rings is 1. The lowest BCUT2D eigenvalue weighted by Crippen LogP contribution is -2.36. The molecule has 2 aliphatic rings. The van der Waals surface area contributed by atoms with Crippen molar-refractivity contribution in [3.63, 3.8) is 0 Å². The van der Waals surface area contributed by atoms with Gasteiger partial charge in [-0.3, -0.25) is 9.59 Å². The van der Waals surface area contributed by atoms with E-state index < -0.39 is 0 Å². The SMILES string of the molecule is O=C(Nc1ccccc1N1CCOCC1)c1csc(C2CCC(C(=O)CCc3cccs3)CC2)n1. The third-order valence-corrected chi connectivity index (χ3v) is 8.93. The summed E-state index contributed by atoms with van der Waals surface area (Å²) in [5.74, 6) is 0.731. The van der Waals surface area contributed by atoms with Crippen LogP contribution in [-0.4, -0.2) is 43.0 Å². The van der Waals surface area contributed by atoms with Gasteiger partial charge in [0.2, 0.25) is 0 Å². The van der Waals surface area contributed by atoms with Crippen LogP contribution < -0.4 is 10.2 Å². The standard InChI is InChI=1S/C27H31N3O3S2/c31-25(12-11-21-4-3-17-34-21)19-7-9-20(10-8-19)27-29-23(18-35-27)26(32)28-22-5-1-2-6-24(22)30-13-15-33-16-14-30/h1-6,17-20H,7-16H2,(H,28,32). The summed E-state index contributed by atoms with van der Waals surface area (Å²) in [4.78, 5) is 33.9. The van der Waals surface area contributed by atoms with Crippen molar-refractivity contribution in [3.8, 4) is 0 Å². The van der Waals surface area contributed by atoms with E-state index in [4.69, 9.17) is 9.72 Å². The van der Waals surface area contributed by atoms with Crippen molar-refractivity contribution < 1.29 is 14.3 Å². The average Bonchev–Trinajstić information content (AvgIpc) is 3.61. The van der Waals surface area contributed by atoms with Crippen molar-refractivity contribution in [3.05, 3.63) is 62.7 Å². The van der Waals surface area contributed by atoms with E-state index in [2.05, 4.69) is 21.7 Å². The molecule has 6 nitrogen and oxygen atoms in total. The zero-order chi connectivity index (χ0) is 24.0. The summed E-state index contributed by atoms with van der Waals surface area (Å²) in [6.45, 7) is 3.01. The predicted octanol–water partition coefficient (Wildman–Crippen LogP) is 5.77. The Balaban J connectivity index is 1.15. The fraction of sp³-hybridized carbons (Fsp3) is 0.444. The van der Waals surface area contributed by atoms with E-state index in [1.807, 2.05) is 35.7 Å². The van der Waals surface area contributed by atoms with E-state index in [0.717, 1.165) is 61.6 Å². The minimum absolute atomic E-state index is 0.172. The zero-order valence-corrected chi connectivity index (χ0v) is 21.4. The predicted molar refractivity (Wildman–Crippen MR) is 142 cm³/mol. The molecule has 1 amide bonds. The maximum Gasteiger partial charge on any atom is 0.275 e. The maximum absolute atomic E-state index is 13.0. The van der Waals surface area contributed by atoms with Crippen molar-refractivity contribution in [2.45, 2.75) is 44.4 Å². The lowest BCUT2D eigenvalue weighted by atomic mass is 9.79. The third kappa shape index (κ3) is 6.00. The Morgan fingerprint density at radius 3 is 2.60 bits per heavy atom. The van der Waals surface area contributed by atoms with Crippen LogP contribution in [-0.2, 0) is 16.0 Å². The Kier molecular flexibility index (Phi) is 7.91. The molecule has 5 rings (SSSR count). The first-order valence-electron chi connectivity index (χ1n) is 12.4. The Labute approximate surface area is 214 Å². The molecule has 1 aliphatic heterocycles. The molecule has 1 saturated heterocycles. The van der Waals surface area contributed by atoms with Crippen LogP contribution in [0.1, 0.15) is 58.4 Å². The summed E-state index contributed by atoms with van der Waals surface area (Å²) in [7, 11) is 0. The molecule has 3 aromatic rings. The van der Waals surface area contributed by atoms with Gasteiger partial charge in [0.1, 0.15) is 11.5 Å². The number of benzene rings is 1. The van der Waals surface area contributed by atoms with E-state index in [-0.39, 0.29) is 11.8 Å². The van der Waals surface area contributed by atoms with Gasteiger partial charge in [0.15, 0.2) is 0 Å². The second-order valence-corrected chi connectivity index (χ2v) is 11.2. The van der Waals surface area contributed by atoms with Crippen molar-refractivity contribution in [2.24, 2.45) is 5.92 Å². The highest BCUT2D eigenvalue weighted by atomic mass is 32.1. The number of thiophene rings is 1. The molecule has 0 radical (unpaired) electrons. The molecule has 0 bridgehead atoms. The molecule has 0 atom stereocenters. The van der Waals surface area contributed by atoms with Crippen LogP contribution in [0.2, 0.25) is 0 Å². The second kappa shape index (κ2) is 11.5. The minimum atomic E-state index is -0.175. The zero-order valence-electron chi connectivity index (χ0n) is 19.8. The molecule has 1 N–H and O–H groups in total. The summed E-state index contributed by atoms with van der Waals surface area (Å²) in [5, 5.41) is 8.01. The van der Waals surface area contributed by atoms with Crippen molar-refractivity contribution >= 4 is 45.7 Å². The first kappa shape index (κ1) is 24.2. The number of carbonyl (C=O) groups is 2.